The maximum Gasteiger partial charge on any atom is 0.416 e. The Morgan fingerprint density at radius 1 is 1.15 bits per heavy atom. The first-order valence-corrected chi connectivity index (χ1v) is 10.5. The zero-order valence-corrected chi connectivity index (χ0v) is 18.0. The largest absolute Gasteiger partial charge is 0.481 e. The summed E-state index contributed by atoms with van der Waals surface area (Å²) in [7, 11) is 3.18. The highest BCUT2D eigenvalue weighted by molar-refractivity contribution is 6.03. The van der Waals surface area contributed by atoms with Gasteiger partial charge >= 0.3 is 18.2 Å². The number of fused-ring (bicyclic) bond motifs is 1. The molecule has 0 radical (unpaired) electrons. The topological polar surface area (TPSA) is 106 Å². The smallest absolute Gasteiger partial charge is 0.416 e. The fourth-order valence-electron chi connectivity index (χ4n) is 4.55. The Hall–Kier alpha value is -3.31. The summed E-state index contributed by atoms with van der Waals surface area (Å²) in [6, 6.07) is 2.84. The minimum atomic E-state index is -4.47. The maximum atomic E-state index is 13.2. The average molecular weight is 467 g/mol. The van der Waals surface area contributed by atoms with Gasteiger partial charge in [-0.3, -0.25) is 14.5 Å². The molecule has 1 aromatic carbocycles. The number of aliphatic imine (C=N–C) groups is 1. The van der Waals surface area contributed by atoms with Crippen LogP contribution in [0.5, 0.6) is 0 Å². The number of carboxylic acid groups (broad SMARTS) is 1. The minimum Gasteiger partial charge on any atom is -0.481 e. The molecule has 2 heterocycles. The Bertz CT molecular complexity index is 997. The Morgan fingerprint density at radius 2 is 1.82 bits per heavy atom. The van der Waals surface area contributed by atoms with E-state index in [4.69, 9.17) is 0 Å². The molecule has 3 unspecified atom stereocenters. The monoisotopic (exact) mass is 467 g/mol. The van der Waals surface area contributed by atoms with E-state index in [9.17, 15) is 32.7 Å². The Balaban J connectivity index is 1.47. The second-order valence-electron chi connectivity index (χ2n) is 8.62. The SMILES string of the molecule is CN1C(=O)N(Cc2ccc(C(F)(F)F)cc2)C(=O)C2C1N=C(N[C@@H]1CCC(C(=O)O)C1)N2C. The van der Waals surface area contributed by atoms with E-state index >= 15 is 0 Å². The number of likely N-dealkylation sites (N-methyl/N-ethyl adjacent to an activating group) is 2. The fraction of sp³-hybridized carbons (Fsp3) is 0.524. The van der Waals surface area contributed by atoms with Crippen LogP contribution in [0.15, 0.2) is 29.3 Å². The van der Waals surface area contributed by atoms with Crippen LogP contribution in [-0.2, 0) is 22.3 Å². The molecule has 0 aromatic heterocycles. The van der Waals surface area contributed by atoms with E-state index in [1.165, 1.54) is 24.1 Å². The predicted molar refractivity (Wildman–Crippen MR) is 110 cm³/mol. The van der Waals surface area contributed by atoms with Crippen LogP contribution in [0.25, 0.3) is 0 Å². The number of benzene rings is 1. The number of alkyl halides is 3. The number of nitrogens with zero attached hydrogens (tertiary/aromatic N) is 4. The number of carboxylic acids is 1. The zero-order chi connectivity index (χ0) is 24.1. The Kier molecular flexibility index (Phi) is 5.71. The van der Waals surface area contributed by atoms with Crippen molar-refractivity contribution in [2.75, 3.05) is 14.1 Å². The molecule has 1 aromatic rings. The third-order valence-electron chi connectivity index (χ3n) is 6.47. The van der Waals surface area contributed by atoms with Crippen molar-refractivity contribution in [2.24, 2.45) is 10.9 Å². The highest BCUT2D eigenvalue weighted by Crippen LogP contribution is 2.31. The van der Waals surface area contributed by atoms with Gasteiger partial charge in [0.1, 0.15) is 0 Å². The summed E-state index contributed by atoms with van der Waals surface area (Å²) in [5.41, 5.74) is -0.418. The number of aliphatic carboxylic acids is 1. The van der Waals surface area contributed by atoms with E-state index < -0.39 is 47.8 Å². The second kappa shape index (κ2) is 8.23. The van der Waals surface area contributed by atoms with Crippen molar-refractivity contribution < 1.29 is 32.7 Å². The summed E-state index contributed by atoms with van der Waals surface area (Å²) < 4.78 is 38.4. The van der Waals surface area contributed by atoms with Gasteiger partial charge in [0.15, 0.2) is 18.2 Å². The van der Waals surface area contributed by atoms with Crippen molar-refractivity contribution >= 4 is 23.9 Å². The normalized spacial score (nSPS) is 27.7. The number of imide groups is 1. The summed E-state index contributed by atoms with van der Waals surface area (Å²) in [4.78, 5) is 45.7. The van der Waals surface area contributed by atoms with Crippen molar-refractivity contribution in [3.05, 3.63) is 35.4 Å². The molecule has 4 rings (SSSR count). The number of carbonyl (C=O) groups is 3. The number of hydrogen-bond acceptors (Lipinski definition) is 6. The lowest BCUT2D eigenvalue weighted by molar-refractivity contribution is -0.141. The molecule has 4 atom stereocenters. The van der Waals surface area contributed by atoms with Gasteiger partial charge in [-0.25, -0.2) is 9.79 Å². The molecule has 0 spiro atoms. The van der Waals surface area contributed by atoms with Gasteiger partial charge in [-0.2, -0.15) is 13.2 Å². The molecular formula is C21H24F3N5O4. The second-order valence-corrected chi connectivity index (χ2v) is 8.62. The predicted octanol–water partition coefficient (Wildman–Crippen LogP) is 1.94. The van der Waals surface area contributed by atoms with E-state index in [1.54, 1.807) is 11.9 Å². The lowest BCUT2D eigenvalue weighted by Gasteiger charge is -2.40. The molecular weight excluding hydrogens is 443 g/mol. The molecule has 2 aliphatic heterocycles. The van der Waals surface area contributed by atoms with Crippen LogP contribution in [0.4, 0.5) is 18.0 Å². The quantitative estimate of drug-likeness (QED) is 0.701. The number of hydrogen-bond donors (Lipinski definition) is 2. The van der Waals surface area contributed by atoms with Crippen LogP contribution < -0.4 is 5.32 Å². The lowest BCUT2D eigenvalue weighted by atomic mass is 10.1. The van der Waals surface area contributed by atoms with Crippen LogP contribution >= 0.6 is 0 Å². The molecule has 33 heavy (non-hydrogen) atoms. The van der Waals surface area contributed by atoms with Crippen molar-refractivity contribution in [3.63, 3.8) is 0 Å². The van der Waals surface area contributed by atoms with Gasteiger partial charge < -0.3 is 20.2 Å². The first-order chi connectivity index (χ1) is 15.5. The van der Waals surface area contributed by atoms with E-state index in [2.05, 4.69) is 10.3 Å². The van der Waals surface area contributed by atoms with E-state index in [-0.39, 0.29) is 12.6 Å². The van der Waals surface area contributed by atoms with Crippen molar-refractivity contribution in [2.45, 2.75) is 50.2 Å². The number of guanidine groups is 1. The maximum absolute atomic E-state index is 13.2. The van der Waals surface area contributed by atoms with Gasteiger partial charge in [0.05, 0.1) is 18.0 Å². The number of nitrogens with one attached hydrogen (secondary N) is 1. The first-order valence-electron chi connectivity index (χ1n) is 10.5. The lowest BCUT2D eigenvalue weighted by Crippen LogP contribution is -2.64. The molecule has 1 saturated heterocycles. The van der Waals surface area contributed by atoms with Gasteiger partial charge in [-0.1, -0.05) is 12.1 Å². The summed E-state index contributed by atoms with van der Waals surface area (Å²) in [5.74, 6) is -1.36. The Morgan fingerprint density at radius 3 is 2.39 bits per heavy atom. The van der Waals surface area contributed by atoms with E-state index in [0.717, 1.165) is 17.0 Å². The van der Waals surface area contributed by atoms with Crippen LogP contribution in [-0.4, -0.2) is 76.0 Å². The van der Waals surface area contributed by atoms with Gasteiger partial charge in [0, 0.05) is 20.1 Å². The van der Waals surface area contributed by atoms with Crippen molar-refractivity contribution in [1.82, 2.24) is 20.0 Å². The molecule has 9 nitrogen and oxygen atoms in total. The molecule has 1 aliphatic carbocycles. The summed E-state index contributed by atoms with van der Waals surface area (Å²) >= 11 is 0. The zero-order valence-electron chi connectivity index (χ0n) is 18.0. The minimum absolute atomic E-state index is 0.105. The molecule has 1 saturated carbocycles. The van der Waals surface area contributed by atoms with Crippen LogP contribution in [0.1, 0.15) is 30.4 Å². The van der Waals surface area contributed by atoms with E-state index in [1.807, 2.05) is 0 Å². The van der Waals surface area contributed by atoms with Gasteiger partial charge in [-0.05, 0) is 37.0 Å². The number of halogens is 3. The van der Waals surface area contributed by atoms with Gasteiger partial charge in [0.25, 0.3) is 5.91 Å². The molecule has 178 valence electrons. The van der Waals surface area contributed by atoms with Crippen molar-refractivity contribution in [3.8, 4) is 0 Å². The highest BCUT2D eigenvalue weighted by Gasteiger charge is 2.51. The highest BCUT2D eigenvalue weighted by atomic mass is 19.4. The third-order valence-corrected chi connectivity index (χ3v) is 6.47. The van der Waals surface area contributed by atoms with Crippen molar-refractivity contribution in [1.29, 1.82) is 0 Å². The van der Waals surface area contributed by atoms with Crippen LogP contribution in [0.3, 0.4) is 0 Å². The summed E-state index contributed by atoms with van der Waals surface area (Å²) in [6.45, 7) is -0.164. The molecule has 3 amide bonds. The molecule has 12 heteroatoms. The molecule has 2 N–H and O–H groups in total. The molecule has 0 bridgehead atoms. The summed E-state index contributed by atoms with van der Waals surface area (Å²) in [5, 5.41) is 12.4. The standard InChI is InChI=1S/C21H24F3N5O4/c1-27-15-16(26-19(27)25-14-8-5-12(9-14)18(31)32)28(2)20(33)29(17(15)30)10-11-3-6-13(7-4-11)21(22,23)24/h3-4,6-7,12,14-16H,5,8-10H2,1-2H3,(H,25,26)(H,31,32)/t12?,14-,15?,16?/m1/s1. The van der Waals surface area contributed by atoms with Crippen LogP contribution in [0, 0.1) is 5.92 Å². The van der Waals surface area contributed by atoms with E-state index in [0.29, 0.717) is 30.8 Å². The number of urea groups is 1. The van der Waals surface area contributed by atoms with Gasteiger partial charge in [-0.15, -0.1) is 0 Å². The molecule has 2 fully saturated rings. The fourth-order valence-corrected chi connectivity index (χ4v) is 4.55. The number of rotatable bonds is 4. The molecule has 3 aliphatic rings. The summed E-state index contributed by atoms with van der Waals surface area (Å²) in [6.07, 6.45) is -3.57. The van der Waals surface area contributed by atoms with Crippen LogP contribution in [0.2, 0.25) is 0 Å². The average Bonchev–Trinajstić information content (AvgIpc) is 3.35. The first kappa shape index (κ1) is 22.9. The Labute approximate surface area is 187 Å². The third kappa shape index (κ3) is 4.21. The number of carbonyl (C=O) groups excluding carboxylic acids is 2. The number of amides is 3. The van der Waals surface area contributed by atoms with Gasteiger partial charge in [0.2, 0.25) is 0 Å².